The number of aryl methyl sites for hydroxylation is 1. The van der Waals surface area contributed by atoms with Crippen LogP contribution in [0.15, 0.2) is 0 Å². The van der Waals surface area contributed by atoms with Gasteiger partial charge in [0.05, 0.1) is 11.4 Å². The molecule has 0 atom stereocenters. The predicted molar refractivity (Wildman–Crippen MR) is 79.6 cm³/mol. The second kappa shape index (κ2) is 7.28. The fourth-order valence-electron chi connectivity index (χ4n) is 2.60. The van der Waals surface area contributed by atoms with Crippen molar-refractivity contribution in [2.24, 2.45) is 0 Å². The molecule has 1 aliphatic rings. The molecule has 0 aromatic carbocycles. The van der Waals surface area contributed by atoms with Crippen LogP contribution in [0.5, 0.6) is 0 Å². The molecule has 0 saturated carbocycles. The van der Waals surface area contributed by atoms with Crippen LogP contribution in [0.2, 0.25) is 0 Å². The molecular weight excluding hydrogens is 254 g/mol. The third kappa shape index (κ3) is 3.72. The summed E-state index contributed by atoms with van der Waals surface area (Å²) < 4.78 is 0. The minimum Gasteiger partial charge on any atom is -0.395 e. The number of nitrogens with two attached hydrogens (primary N) is 1. The normalized spacial score (nSPS) is 16.2. The smallest absolute Gasteiger partial charge is 0.273 e. The van der Waals surface area contributed by atoms with Gasteiger partial charge in [0.1, 0.15) is 0 Å². The van der Waals surface area contributed by atoms with E-state index in [-0.39, 0.29) is 5.91 Å². The molecule has 2 rings (SSSR count). The molecule has 20 heavy (non-hydrogen) atoms. The molecule has 1 saturated heterocycles. The van der Waals surface area contributed by atoms with Gasteiger partial charge < -0.3 is 16.0 Å². The lowest BCUT2D eigenvalue weighted by molar-refractivity contribution is 0.0947. The fourth-order valence-corrected chi connectivity index (χ4v) is 2.60. The molecule has 1 amide bonds. The third-order valence-corrected chi connectivity index (χ3v) is 3.84. The number of hydrogen-bond acceptors (Lipinski definition) is 4. The van der Waals surface area contributed by atoms with Crippen LogP contribution in [0.3, 0.4) is 0 Å². The van der Waals surface area contributed by atoms with Crippen molar-refractivity contribution < 1.29 is 4.79 Å². The molecule has 0 bridgehead atoms. The van der Waals surface area contributed by atoms with Gasteiger partial charge in [-0.2, -0.15) is 5.10 Å². The van der Waals surface area contributed by atoms with E-state index in [1.165, 1.54) is 32.4 Å². The molecule has 0 radical (unpaired) electrons. The summed E-state index contributed by atoms with van der Waals surface area (Å²) >= 11 is 0. The summed E-state index contributed by atoms with van der Waals surface area (Å²) in [5.41, 5.74) is 7.49. The topological polar surface area (TPSA) is 87.0 Å². The van der Waals surface area contributed by atoms with Gasteiger partial charge in [-0.3, -0.25) is 9.89 Å². The van der Waals surface area contributed by atoms with Crippen LogP contribution in [0, 0.1) is 0 Å². The summed E-state index contributed by atoms with van der Waals surface area (Å²) in [7, 11) is 0. The number of carbonyl (C=O) groups excluding carboxylic acids is 1. The highest BCUT2D eigenvalue weighted by atomic mass is 16.1. The number of H-pyrrole nitrogens is 1. The molecule has 1 aromatic heterocycles. The number of piperidine rings is 1. The Morgan fingerprint density at radius 1 is 1.40 bits per heavy atom. The molecule has 4 N–H and O–H groups in total. The van der Waals surface area contributed by atoms with Gasteiger partial charge in [-0.05, 0) is 45.3 Å². The number of hydrogen-bond donors (Lipinski definition) is 3. The molecule has 1 aliphatic heterocycles. The molecule has 0 spiro atoms. The maximum absolute atomic E-state index is 12.0. The van der Waals surface area contributed by atoms with Crippen molar-refractivity contribution in [1.82, 2.24) is 20.4 Å². The van der Waals surface area contributed by atoms with E-state index in [0.29, 0.717) is 17.9 Å². The van der Waals surface area contributed by atoms with Crippen molar-refractivity contribution in [3.8, 4) is 0 Å². The molecule has 1 fully saturated rings. The van der Waals surface area contributed by atoms with Crippen LogP contribution in [0.4, 0.5) is 5.69 Å². The summed E-state index contributed by atoms with van der Waals surface area (Å²) in [6, 6.07) is 0. The first-order chi connectivity index (χ1) is 9.72. The largest absolute Gasteiger partial charge is 0.395 e. The van der Waals surface area contributed by atoms with Crippen molar-refractivity contribution in [1.29, 1.82) is 0 Å². The van der Waals surface area contributed by atoms with Crippen LogP contribution in [-0.2, 0) is 6.42 Å². The number of aromatic nitrogens is 2. The predicted octanol–water partition coefficient (Wildman–Crippen LogP) is 1.16. The van der Waals surface area contributed by atoms with Gasteiger partial charge in [0.2, 0.25) is 0 Å². The molecular formula is C14H25N5O. The Morgan fingerprint density at radius 3 is 2.80 bits per heavy atom. The highest BCUT2D eigenvalue weighted by molar-refractivity contribution is 5.97. The first-order valence-electron chi connectivity index (χ1n) is 7.55. The molecule has 6 heteroatoms. The van der Waals surface area contributed by atoms with Gasteiger partial charge in [-0.25, -0.2) is 0 Å². The molecule has 2 heterocycles. The van der Waals surface area contributed by atoms with Crippen molar-refractivity contribution >= 4 is 11.6 Å². The Kier molecular flexibility index (Phi) is 5.40. The summed E-state index contributed by atoms with van der Waals surface area (Å²) in [5.74, 6) is -0.183. The van der Waals surface area contributed by atoms with E-state index >= 15 is 0 Å². The average molecular weight is 279 g/mol. The number of nitrogens with one attached hydrogen (secondary N) is 2. The van der Waals surface area contributed by atoms with E-state index in [2.05, 4.69) is 20.4 Å². The first-order valence-corrected chi connectivity index (χ1v) is 7.55. The van der Waals surface area contributed by atoms with Crippen LogP contribution in [0.25, 0.3) is 0 Å². The van der Waals surface area contributed by atoms with E-state index in [1.807, 2.05) is 6.92 Å². The van der Waals surface area contributed by atoms with Crippen LogP contribution < -0.4 is 11.1 Å². The maximum Gasteiger partial charge on any atom is 0.273 e. The Bertz CT molecular complexity index is 437. The number of amides is 1. The molecule has 0 unspecified atom stereocenters. The van der Waals surface area contributed by atoms with Crippen molar-refractivity contribution in [3.05, 3.63) is 11.4 Å². The molecule has 1 aromatic rings. The highest BCUT2D eigenvalue weighted by Gasteiger charge is 2.16. The zero-order valence-electron chi connectivity index (χ0n) is 12.2. The SMILES string of the molecule is CCc1[nH]nc(C(=O)NCCCN2CCCCC2)c1N. The second-order valence-corrected chi connectivity index (χ2v) is 5.33. The number of nitrogens with zero attached hydrogens (tertiary/aromatic N) is 2. The van der Waals surface area contributed by atoms with Gasteiger partial charge >= 0.3 is 0 Å². The zero-order valence-corrected chi connectivity index (χ0v) is 12.2. The van der Waals surface area contributed by atoms with E-state index in [9.17, 15) is 4.79 Å². The van der Waals surface area contributed by atoms with Gasteiger partial charge in [0, 0.05) is 6.54 Å². The Hall–Kier alpha value is -1.56. The molecule has 0 aliphatic carbocycles. The van der Waals surface area contributed by atoms with Gasteiger partial charge in [0.25, 0.3) is 5.91 Å². The summed E-state index contributed by atoms with van der Waals surface area (Å²) in [5, 5.41) is 9.67. The number of rotatable bonds is 6. The molecule has 6 nitrogen and oxygen atoms in total. The van der Waals surface area contributed by atoms with E-state index in [0.717, 1.165) is 25.1 Å². The summed E-state index contributed by atoms with van der Waals surface area (Å²) in [6.07, 6.45) is 5.68. The van der Waals surface area contributed by atoms with Gasteiger partial charge in [-0.1, -0.05) is 13.3 Å². The lowest BCUT2D eigenvalue weighted by Crippen LogP contribution is -2.33. The lowest BCUT2D eigenvalue weighted by Gasteiger charge is -2.26. The number of carbonyl (C=O) groups is 1. The zero-order chi connectivity index (χ0) is 14.4. The minimum atomic E-state index is -0.183. The second-order valence-electron chi connectivity index (χ2n) is 5.33. The number of likely N-dealkylation sites (tertiary alicyclic amines) is 1. The minimum absolute atomic E-state index is 0.183. The number of nitrogen functional groups attached to an aromatic ring is 1. The van der Waals surface area contributed by atoms with Crippen molar-refractivity contribution in [2.45, 2.75) is 39.0 Å². The van der Waals surface area contributed by atoms with Gasteiger partial charge in [0.15, 0.2) is 5.69 Å². The maximum atomic E-state index is 12.0. The van der Waals surface area contributed by atoms with Crippen molar-refractivity contribution in [3.63, 3.8) is 0 Å². The average Bonchev–Trinajstić information content (AvgIpc) is 2.85. The van der Waals surface area contributed by atoms with E-state index in [1.54, 1.807) is 0 Å². The Morgan fingerprint density at radius 2 is 2.15 bits per heavy atom. The first kappa shape index (κ1) is 14.8. The molecule has 112 valence electrons. The summed E-state index contributed by atoms with van der Waals surface area (Å²) in [4.78, 5) is 14.4. The fraction of sp³-hybridized carbons (Fsp3) is 0.714. The standard InChI is InChI=1S/C14H25N5O/c1-2-11-12(15)13(18-17-11)14(20)16-7-6-10-19-8-4-3-5-9-19/h2-10,15H2,1H3,(H,16,20)(H,17,18). The monoisotopic (exact) mass is 279 g/mol. The van der Waals surface area contributed by atoms with E-state index in [4.69, 9.17) is 5.73 Å². The Balaban J connectivity index is 1.70. The van der Waals surface area contributed by atoms with E-state index < -0.39 is 0 Å². The van der Waals surface area contributed by atoms with Gasteiger partial charge in [-0.15, -0.1) is 0 Å². The highest BCUT2D eigenvalue weighted by Crippen LogP contribution is 2.14. The third-order valence-electron chi connectivity index (χ3n) is 3.84. The number of anilines is 1. The summed E-state index contributed by atoms with van der Waals surface area (Å²) in [6.45, 7) is 6.09. The van der Waals surface area contributed by atoms with Crippen LogP contribution in [0.1, 0.15) is 48.8 Å². The van der Waals surface area contributed by atoms with Crippen molar-refractivity contribution in [2.75, 3.05) is 31.9 Å². The Labute approximate surface area is 120 Å². The van der Waals surface area contributed by atoms with Crippen LogP contribution >= 0.6 is 0 Å². The number of aromatic amines is 1. The quantitative estimate of drug-likeness (QED) is 0.682. The van der Waals surface area contributed by atoms with Crippen LogP contribution in [-0.4, -0.2) is 47.2 Å². The lowest BCUT2D eigenvalue weighted by atomic mass is 10.1.